The highest BCUT2D eigenvalue weighted by Gasteiger charge is 2.58. The van der Waals surface area contributed by atoms with Gasteiger partial charge >= 0.3 is 5.97 Å². The van der Waals surface area contributed by atoms with E-state index in [1.54, 1.807) is 25.3 Å². The molecular weight excluding hydrogens is 519 g/mol. The average Bonchev–Trinajstić information content (AvgIpc) is 3.27. The SMILES string of the molecule is COc1ccc(C(C)(C)C)cc1CN[C@H]1[C@H](C(C)(C)C)[C@@H](C(=O)O)N(C(=O)C2CCCCC2)[C@H]1c1ccccc1F. The maximum absolute atomic E-state index is 15.6. The number of carboxylic acids is 1. The second-order valence-electron chi connectivity index (χ2n) is 13.9. The molecule has 2 aliphatic rings. The van der Waals surface area contributed by atoms with Gasteiger partial charge in [-0.05, 0) is 41.4 Å². The maximum atomic E-state index is 15.6. The standard InChI is InChI=1S/C34H47FN2O4/c1-33(2,3)23-17-18-26(41-7)22(19-23)20-36-28-27(34(4,5)6)30(32(39)40)37(31(38)21-13-9-8-10-14-21)29(28)24-15-11-12-16-25(24)35/h11-12,15-19,21,27-30,36H,8-10,13-14,20H2,1-7H3,(H,39,40)/t27-,28-,29-,30-/m0/s1. The van der Waals surface area contributed by atoms with Gasteiger partial charge in [0.25, 0.3) is 0 Å². The number of aliphatic carboxylic acids is 1. The second-order valence-corrected chi connectivity index (χ2v) is 13.9. The summed E-state index contributed by atoms with van der Waals surface area (Å²) >= 11 is 0. The van der Waals surface area contributed by atoms with Crippen molar-refractivity contribution in [3.05, 3.63) is 65.0 Å². The molecule has 1 saturated heterocycles. The Kier molecular flexibility index (Phi) is 9.17. The molecule has 4 atom stereocenters. The number of hydrogen-bond donors (Lipinski definition) is 2. The number of hydrogen-bond acceptors (Lipinski definition) is 4. The lowest BCUT2D eigenvalue weighted by molar-refractivity contribution is -0.154. The minimum absolute atomic E-state index is 0.0738. The monoisotopic (exact) mass is 566 g/mol. The van der Waals surface area contributed by atoms with Gasteiger partial charge in [-0.25, -0.2) is 9.18 Å². The Hall–Kier alpha value is -2.93. The molecule has 1 saturated carbocycles. The number of nitrogens with one attached hydrogen (secondary N) is 1. The van der Waals surface area contributed by atoms with E-state index in [1.807, 2.05) is 26.8 Å². The van der Waals surface area contributed by atoms with Crippen molar-refractivity contribution in [3.8, 4) is 5.75 Å². The van der Waals surface area contributed by atoms with Crippen LogP contribution in [0.15, 0.2) is 42.5 Å². The summed E-state index contributed by atoms with van der Waals surface area (Å²) in [6.07, 6.45) is 4.44. The number of nitrogens with zero attached hydrogens (tertiary/aromatic N) is 1. The third-order valence-corrected chi connectivity index (χ3v) is 9.03. The molecular formula is C34H47FN2O4. The van der Waals surface area contributed by atoms with Crippen LogP contribution in [0.1, 0.15) is 96.4 Å². The Morgan fingerprint density at radius 3 is 2.24 bits per heavy atom. The minimum atomic E-state index is -1.09. The van der Waals surface area contributed by atoms with Crippen molar-refractivity contribution in [2.75, 3.05) is 7.11 Å². The highest BCUT2D eigenvalue weighted by molar-refractivity contribution is 5.87. The molecule has 0 radical (unpaired) electrons. The molecule has 224 valence electrons. The van der Waals surface area contributed by atoms with Crippen LogP contribution in [0.4, 0.5) is 4.39 Å². The van der Waals surface area contributed by atoms with Gasteiger partial charge in [0, 0.05) is 35.5 Å². The summed E-state index contributed by atoms with van der Waals surface area (Å²) in [6.45, 7) is 12.9. The van der Waals surface area contributed by atoms with Crippen molar-refractivity contribution in [1.29, 1.82) is 0 Å². The molecule has 2 aromatic rings. The van der Waals surface area contributed by atoms with Crippen LogP contribution in [-0.2, 0) is 21.5 Å². The van der Waals surface area contributed by atoms with Crippen LogP contribution in [-0.4, -0.2) is 41.1 Å². The molecule has 2 aromatic carbocycles. The van der Waals surface area contributed by atoms with Gasteiger partial charge in [0.1, 0.15) is 17.6 Å². The Morgan fingerprint density at radius 2 is 1.68 bits per heavy atom. The highest BCUT2D eigenvalue weighted by atomic mass is 19.1. The van der Waals surface area contributed by atoms with Gasteiger partial charge in [-0.1, -0.05) is 91.1 Å². The summed E-state index contributed by atoms with van der Waals surface area (Å²) in [6, 6.07) is 10.2. The van der Waals surface area contributed by atoms with Gasteiger partial charge in [-0.15, -0.1) is 0 Å². The van der Waals surface area contributed by atoms with Crippen LogP contribution in [0.3, 0.4) is 0 Å². The summed E-state index contributed by atoms with van der Waals surface area (Å²) in [7, 11) is 1.64. The number of carbonyl (C=O) groups is 2. The number of halogens is 1. The van der Waals surface area contributed by atoms with Gasteiger partial charge in [0.15, 0.2) is 0 Å². The molecule has 0 unspecified atom stereocenters. The molecule has 7 heteroatoms. The van der Waals surface area contributed by atoms with Crippen molar-refractivity contribution in [2.24, 2.45) is 17.3 Å². The maximum Gasteiger partial charge on any atom is 0.326 e. The molecule has 6 nitrogen and oxygen atoms in total. The molecule has 41 heavy (non-hydrogen) atoms. The molecule has 1 aliphatic heterocycles. The van der Waals surface area contributed by atoms with E-state index in [0.717, 1.165) is 49.0 Å². The molecule has 0 aromatic heterocycles. The Morgan fingerprint density at radius 1 is 1.02 bits per heavy atom. The van der Waals surface area contributed by atoms with Crippen LogP contribution in [0.2, 0.25) is 0 Å². The Bertz CT molecular complexity index is 1240. The van der Waals surface area contributed by atoms with Crippen molar-refractivity contribution in [1.82, 2.24) is 10.2 Å². The lowest BCUT2D eigenvalue weighted by atomic mass is 9.72. The van der Waals surface area contributed by atoms with E-state index < -0.39 is 41.2 Å². The summed E-state index contributed by atoms with van der Waals surface area (Å²) in [5, 5.41) is 14.3. The first-order chi connectivity index (χ1) is 19.3. The van der Waals surface area contributed by atoms with E-state index in [9.17, 15) is 14.7 Å². The Labute approximate surface area is 244 Å². The minimum Gasteiger partial charge on any atom is -0.496 e. The topological polar surface area (TPSA) is 78.9 Å². The number of carbonyl (C=O) groups excluding carboxylic acids is 1. The van der Waals surface area contributed by atoms with Crippen molar-refractivity contribution < 1.29 is 23.8 Å². The Balaban J connectivity index is 1.84. The molecule has 0 spiro atoms. The van der Waals surface area contributed by atoms with E-state index in [4.69, 9.17) is 4.74 Å². The quantitative estimate of drug-likeness (QED) is 0.382. The van der Waals surface area contributed by atoms with Gasteiger partial charge < -0.3 is 20.1 Å². The summed E-state index contributed by atoms with van der Waals surface area (Å²) in [5.41, 5.74) is 1.86. The van der Waals surface area contributed by atoms with Crippen molar-refractivity contribution >= 4 is 11.9 Å². The molecule has 1 heterocycles. The molecule has 1 amide bonds. The van der Waals surface area contributed by atoms with E-state index in [2.05, 4.69) is 38.2 Å². The van der Waals surface area contributed by atoms with E-state index in [1.165, 1.54) is 11.0 Å². The highest BCUT2D eigenvalue weighted by Crippen LogP contribution is 2.50. The zero-order valence-electron chi connectivity index (χ0n) is 25.7. The molecule has 0 bridgehead atoms. The van der Waals surface area contributed by atoms with Crippen LogP contribution < -0.4 is 10.1 Å². The van der Waals surface area contributed by atoms with E-state index in [0.29, 0.717) is 12.1 Å². The van der Waals surface area contributed by atoms with Crippen LogP contribution in [0.25, 0.3) is 0 Å². The number of amides is 1. The lowest BCUT2D eigenvalue weighted by Gasteiger charge is -2.36. The molecule has 2 N–H and O–H groups in total. The largest absolute Gasteiger partial charge is 0.496 e. The van der Waals surface area contributed by atoms with Crippen molar-refractivity contribution in [2.45, 2.75) is 104 Å². The number of benzene rings is 2. The predicted octanol–water partition coefficient (Wildman–Crippen LogP) is 6.87. The number of methoxy groups -OCH3 is 1. The number of ether oxygens (including phenoxy) is 1. The zero-order valence-corrected chi connectivity index (χ0v) is 25.7. The predicted molar refractivity (Wildman–Crippen MR) is 159 cm³/mol. The number of likely N-dealkylation sites (tertiary alicyclic amines) is 1. The van der Waals surface area contributed by atoms with Gasteiger partial charge in [-0.2, -0.15) is 0 Å². The van der Waals surface area contributed by atoms with E-state index >= 15 is 4.39 Å². The smallest absolute Gasteiger partial charge is 0.326 e. The van der Waals surface area contributed by atoms with Crippen molar-refractivity contribution in [3.63, 3.8) is 0 Å². The first kappa shape index (κ1) is 31.0. The van der Waals surface area contributed by atoms with Gasteiger partial charge in [0.2, 0.25) is 5.91 Å². The fraction of sp³-hybridized carbons (Fsp3) is 0.588. The van der Waals surface area contributed by atoms with Crippen LogP contribution in [0, 0.1) is 23.1 Å². The summed E-state index contributed by atoms with van der Waals surface area (Å²) in [5.74, 6) is -1.65. The molecule has 2 fully saturated rings. The van der Waals surface area contributed by atoms with Gasteiger partial charge in [-0.3, -0.25) is 4.79 Å². The normalized spacial score (nSPS) is 24.0. The zero-order chi connectivity index (χ0) is 30.1. The number of rotatable bonds is 7. The summed E-state index contributed by atoms with van der Waals surface area (Å²) in [4.78, 5) is 28.8. The second kappa shape index (κ2) is 12.1. The first-order valence-electron chi connectivity index (χ1n) is 15.0. The summed E-state index contributed by atoms with van der Waals surface area (Å²) < 4.78 is 21.3. The average molecular weight is 567 g/mol. The first-order valence-corrected chi connectivity index (χ1v) is 15.0. The van der Waals surface area contributed by atoms with E-state index in [-0.39, 0.29) is 17.2 Å². The van der Waals surface area contributed by atoms with Gasteiger partial charge in [0.05, 0.1) is 13.2 Å². The number of carboxylic acid groups (broad SMARTS) is 1. The van der Waals surface area contributed by atoms with Crippen LogP contribution in [0.5, 0.6) is 5.75 Å². The fourth-order valence-electron chi connectivity index (χ4n) is 6.94. The van der Waals surface area contributed by atoms with Crippen LogP contribution >= 0.6 is 0 Å². The fourth-order valence-corrected chi connectivity index (χ4v) is 6.94. The molecule has 1 aliphatic carbocycles. The molecule has 4 rings (SSSR count). The lowest BCUT2D eigenvalue weighted by Crippen LogP contribution is -2.49. The third kappa shape index (κ3) is 6.45. The third-order valence-electron chi connectivity index (χ3n) is 9.03.